The lowest BCUT2D eigenvalue weighted by Gasteiger charge is -2.11. The van der Waals surface area contributed by atoms with Gasteiger partial charge in [0.25, 0.3) is 5.91 Å². The second-order valence-corrected chi connectivity index (χ2v) is 7.82. The van der Waals surface area contributed by atoms with Crippen LogP contribution in [-0.2, 0) is 11.3 Å². The van der Waals surface area contributed by atoms with E-state index in [0.29, 0.717) is 41.6 Å². The number of hydrogen-bond acceptors (Lipinski definition) is 5. The summed E-state index contributed by atoms with van der Waals surface area (Å²) in [4.78, 5) is 22.5. The van der Waals surface area contributed by atoms with Crippen molar-refractivity contribution in [2.75, 3.05) is 18.9 Å². The molecule has 3 heterocycles. The average Bonchev–Trinajstić information content (AvgIpc) is 3.28. The molecule has 1 aliphatic heterocycles. The van der Waals surface area contributed by atoms with Gasteiger partial charge in [0, 0.05) is 19.7 Å². The molecule has 0 aliphatic carbocycles. The highest BCUT2D eigenvalue weighted by atomic mass is 16.5. The summed E-state index contributed by atoms with van der Waals surface area (Å²) in [6.07, 6.45) is 3.02. The molecule has 148 valence electrons. The van der Waals surface area contributed by atoms with Crippen molar-refractivity contribution in [3.8, 4) is 0 Å². The number of anilines is 1. The number of amides is 1. The first-order valence-electron chi connectivity index (χ1n) is 9.99. The summed E-state index contributed by atoms with van der Waals surface area (Å²) in [5.74, 6) is 0.726. The Bertz CT molecular complexity index is 1000. The number of nitrogens with two attached hydrogens (primary N) is 1. The lowest BCUT2D eigenvalue weighted by molar-refractivity contribution is 0.0859. The number of rotatable bonds is 6. The van der Waals surface area contributed by atoms with Crippen molar-refractivity contribution in [2.24, 2.45) is 5.92 Å². The van der Waals surface area contributed by atoms with Gasteiger partial charge < -0.3 is 20.4 Å². The third kappa shape index (κ3) is 3.54. The van der Waals surface area contributed by atoms with Gasteiger partial charge in [0.2, 0.25) is 0 Å². The van der Waals surface area contributed by atoms with Gasteiger partial charge >= 0.3 is 0 Å². The fraction of sp³-hybridized carbons (Fsp3) is 0.476. The van der Waals surface area contributed by atoms with Crippen molar-refractivity contribution in [2.45, 2.75) is 45.8 Å². The number of para-hydroxylation sites is 2. The van der Waals surface area contributed by atoms with E-state index in [1.165, 1.54) is 0 Å². The summed E-state index contributed by atoms with van der Waals surface area (Å²) in [7, 11) is 0. The number of carbonyl (C=O) groups excluding carboxylic acids is 1. The Morgan fingerprint density at radius 3 is 2.75 bits per heavy atom. The van der Waals surface area contributed by atoms with Gasteiger partial charge in [-0.15, -0.1) is 0 Å². The number of nitrogens with one attached hydrogen (secondary N) is 1. The van der Waals surface area contributed by atoms with E-state index in [0.717, 1.165) is 36.9 Å². The maximum Gasteiger partial charge on any atom is 0.257 e. The Balaban J connectivity index is 1.75. The maximum absolute atomic E-state index is 13.0. The predicted octanol–water partition coefficient (Wildman–Crippen LogP) is 3.12. The van der Waals surface area contributed by atoms with Crippen LogP contribution in [0.3, 0.4) is 0 Å². The molecule has 1 aliphatic rings. The molecule has 28 heavy (non-hydrogen) atoms. The molecular formula is C21H27N5O2. The van der Waals surface area contributed by atoms with Gasteiger partial charge in [-0.2, -0.15) is 0 Å². The topological polar surface area (TPSA) is 95.1 Å². The summed E-state index contributed by atoms with van der Waals surface area (Å²) in [6.45, 7) is 6.27. The second kappa shape index (κ2) is 7.75. The van der Waals surface area contributed by atoms with Crippen molar-refractivity contribution in [3.05, 3.63) is 29.8 Å². The second-order valence-electron chi connectivity index (χ2n) is 7.82. The molecule has 3 aromatic rings. The number of ether oxygens (including phenoxy) is 1. The van der Waals surface area contributed by atoms with Crippen molar-refractivity contribution in [3.63, 3.8) is 0 Å². The van der Waals surface area contributed by atoms with Crippen LogP contribution in [0.15, 0.2) is 24.3 Å². The molecule has 0 saturated carbocycles. The molecule has 7 nitrogen and oxygen atoms in total. The first kappa shape index (κ1) is 18.7. The van der Waals surface area contributed by atoms with E-state index >= 15 is 0 Å². The highest BCUT2D eigenvalue weighted by Gasteiger charge is 2.25. The summed E-state index contributed by atoms with van der Waals surface area (Å²) in [6, 6.07) is 7.67. The van der Waals surface area contributed by atoms with Crippen LogP contribution in [-0.4, -0.2) is 39.7 Å². The maximum atomic E-state index is 13.0. The minimum absolute atomic E-state index is 0.0754. The Morgan fingerprint density at radius 2 is 2.07 bits per heavy atom. The van der Waals surface area contributed by atoms with Gasteiger partial charge in [-0.1, -0.05) is 26.0 Å². The van der Waals surface area contributed by atoms with Gasteiger partial charge in [-0.3, -0.25) is 4.79 Å². The highest BCUT2D eigenvalue weighted by molar-refractivity contribution is 6.10. The quantitative estimate of drug-likeness (QED) is 0.684. The molecule has 2 aromatic heterocycles. The van der Waals surface area contributed by atoms with Crippen LogP contribution in [0.4, 0.5) is 5.82 Å². The summed E-state index contributed by atoms with van der Waals surface area (Å²) in [5.41, 5.74) is 9.63. The number of nitrogen functional groups attached to an aromatic ring is 1. The smallest absolute Gasteiger partial charge is 0.257 e. The van der Waals surface area contributed by atoms with E-state index in [4.69, 9.17) is 20.4 Å². The zero-order valence-electron chi connectivity index (χ0n) is 16.4. The van der Waals surface area contributed by atoms with Crippen LogP contribution in [0.1, 0.15) is 43.5 Å². The Hall–Kier alpha value is -2.67. The lowest BCUT2D eigenvalue weighted by Crippen LogP contribution is -2.32. The molecule has 1 saturated heterocycles. The molecule has 0 spiro atoms. The van der Waals surface area contributed by atoms with Crippen LogP contribution in [0.2, 0.25) is 0 Å². The molecule has 1 fully saturated rings. The number of aryl methyl sites for hydroxylation is 1. The first-order valence-corrected chi connectivity index (χ1v) is 9.99. The number of aromatic nitrogens is 3. The van der Waals surface area contributed by atoms with Crippen LogP contribution < -0.4 is 11.1 Å². The highest BCUT2D eigenvalue weighted by Crippen LogP contribution is 2.28. The van der Waals surface area contributed by atoms with E-state index in [1.54, 1.807) is 0 Å². The summed E-state index contributed by atoms with van der Waals surface area (Å²) < 4.78 is 7.53. The largest absolute Gasteiger partial charge is 0.384 e. The molecule has 1 amide bonds. The molecule has 1 atom stereocenters. The number of benzene rings is 1. The van der Waals surface area contributed by atoms with Crippen molar-refractivity contribution < 1.29 is 9.53 Å². The van der Waals surface area contributed by atoms with E-state index in [2.05, 4.69) is 19.2 Å². The number of nitrogens with zero attached hydrogens (tertiary/aromatic N) is 3. The minimum atomic E-state index is -0.217. The van der Waals surface area contributed by atoms with Crippen molar-refractivity contribution in [1.82, 2.24) is 19.9 Å². The first-order chi connectivity index (χ1) is 13.5. The van der Waals surface area contributed by atoms with Crippen LogP contribution in [0, 0.1) is 5.92 Å². The Morgan fingerprint density at radius 1 is 1.32 bits per heavy atom. The molecule has 1 aromatic carbocycles. The predicted molar refractivity (Wildman–Crippen MR) is 110 cm³/mol. The fourth-order valence-corrected chi connectivity index (χ4v) is 3.65. The normalized spacial score (nSPS) is 17.0. The van der Waals surface area contributed by atoms with Gasteiger partial charge in [0.1, 0.15) is 16.9 Å². The number of fused-ring (bicyclic) bond motifs is 2. The van der Waals surface area contributed by atoms with E-state index in [-0.39, 0.29) is 12.0 Å². The van der Waals surface area contributed by atoms with Crippen LogP contribution in [0.25, 0.3) is 22.2 Å². The molecule has 0 bridgehead atoms. The Kier molecular flexibility index (Phi) is 5.17. The van der Waals surface area contributed by atoms with E-state index < -0.39 is 0 Å². The SMILES string of the molecule is CC(C)CCn1c(N)c(C(=O)NCC2CCCO2)c2nc3ccccc3nc21. The van der Waals surface area contributed by atoms with E-state index in [9.17, 15) is 4.79 Å². The molecule has 1 unspecified atom stereocenters. The third-order valence-electron chi connectivity index (χ3n) is 5.26. The number of hydrogen-bond donors (Lipinski definition) is 2. The van der Waals surface area contributed by atoms with Gasteiger partial charge in [-0.25, -0.2) is 9.97 Å². The zero-order chi connectivity index (χ0) is 19.7. The summed E-state index contributed by atoms with van der Waals surface area (Å²) >= 11 is 0. The standard InChI is InChI=1S/C21H27N5O2/c1-13(2)9-10-26-19(22)17(21(27)23-12-14-6-5-11-28-14)18-20(26)25-16-8-4-3-7-15(16)24-18/h3-4,7-8,13-14H,5-6,9-12,22H2,1-2H3,(H,23,27). The third-order valence-corrected chi connectivity index (χ3v) is 5.26. The van der Waals surface area contributed by atoms with E-state index in [1.807, 2.05) is 28.8 Å². The van der Waals surface area contributed by atoms with Crippen molar-refractivity contribution in [1.29, 1.82) is 0 Å². The van der Waals surface area contributed by atoms with Gasteiger partial charge in [-0.05, 0) is 37.3 Å². The zero-order valence-corrected chi connectivity index (χ0v) is 16.4. The lowest BCUT2D eigenvalue weighted by atomic mass is 10.1. The Labute approximate surface area is 164 Å². The van der Waals surface area contributed by atoms with Gasteiger partial charge in [0.05, 0.1) is 17.1 Å². The van der Waals surface area contributed by atoms with Crippen LogP contribution in [0.5, 0.6) is 0 Å². The average molecular weight is 381 g/mol. The summed E-state index contributed by atoms with van der Waals surface area (Å²) in [5, 5.41) is 2.98. The molecule has 7 heteroatoms. The minimum Gasteiger partial charge on any atom is -0.384 e. The number of carbonyl (C=O) groups is 1. The van der Waals surface area contributed by atoms with Crippen molar-refractivity contribution >= 4 is 33.9 Å². The van der Waals surface area contributed by atoms with Gasteiger partial charge in [0.15, 0.2) is 5.65 Å². The molecule has 3 N–H and O–H groups in total. The van der Waals surface area contributed by atoms with Crippen LogP contribution >= 0.6 is 0 Å². The molecular weight excluding hydrogens is 354 g/mol. The fourth-order valence-electron chi connectivity index (χ4n) is 3.65. The molecule has 0 radical (unpaired) electrons. The molecule has 4 rings (SSSR count). The monoisotopic (exact) mass is 381 g/mol.